The van der Waals surface area contributed by atoms with Crippen LogP contribution in [0.3, 0.4) is 0 Å². The van der Waals surface area contributed by atoms with Gasteiger partial charge in [-0.3, -0.25) is 4.79 Å². The summed E-state index contributed by atoms with van der Waals surface area (Å²) in [5.74, 6) is -0.876. The average Bonchev–Trinajstić information content (AvgIpc) is 3.45. The molecule has 178 valence electrons. The van der Waals surface area contributed by atoms with Crippen LogP contribution in [0.1, 0.15) is 47.3 Å². The molecule has 6 heteroatoms. The number of hydrogen-bond acceptors (Lipinski definition) is 5. The molecule has 3 aromatic carbocycles. The predicted molar refractivity (Wildman–Crippen MR) is 133 cm³/mol. The summed E-state index contributed by atoms with van der Waals surface area (Å²) >= 11 is 0. The standard InChI is InChI=1S/C29H27NO5/c1-28(2,24-10-6-9-20-13-14-34-25(20)24)18-29(33,16-19-7-4-3-5-8-19)27(32)30-22-11-12-23-21(15-22)17-35-26(23)31/h3-15,33H,16-18H2,1-2H3,(H,30,32). The maximum Gasteiger partial charge on any atom is 0.338 e. The molecule has 0 fully saturated rings. The fraction of sp³-hybridized carbons (Fsp3) is 0.241. The highest BCUT2D eigenvalue weighted by Gasteiger charge is 2.43. The van der Waals surface area contributed by atoms with E-state index in [2.05, 4.69) is 5.32 Å². The average molecular weight is 470 g/mol. The van der Waals surface area contributed by atoms with Crippen LogP contribution in [0.5, 0.6) is 0 Å². The van der Waals surface area contributed by atoms with Crippen LogP contribution in [-0.4, -0.2) is 22.6 Å². The van der Waals surface area contributed by atoms with Crippen molar-refractivity contribution < 1.29 is 23.8 Å². The number of cyclic esters (lactones) is 1. The van der Waals surface area contributed by atoms with Gasteiger partial charge in [-0.15, -0.1) is 0 Å². The SMILES string of the molecule is CC(C)(CC(O)(Cc1ccccc1)C(=O)Nc1ccc2c(c1)COC2=O)c1cccc2ccoc12. The minimum absolute atomic E-state index is 0.143. The van der Waals surface area contributed by atoms with Crippen LogP contribution in [0.4, 0.5) is 5.69 Å². The number of nitrogens with one attached hydrogen (secondary N) is 1. The zero-order chi connectivity index (χ0) is 24.6. The summed E-state index contributed by atoms with van der Waals surface area (Å²) in [5, 5.41) is 15.8. The van der Waals surface area contributed by atoms with Crippen molar-refractivity contribution in [2.45, 2.75) is 44.3 Å². The number of anilines is 1. The Morgan fingerprint density at radius 3 is 2.63 bits per heavy atom. The van der Waals surface area contributed by atoms with Crippen LogP contribution >= 0.6 is 0 Å². The number of carbonyl (C=O) groups is 2. The summed E-state index contributed by atoms with van der Waals surface area (Å²) < 4.78 is 10.8. The lowest BCUT2D eigenvalue weighted by molar-refractivity contribution is -0.136. The first kappa shape index (κ1) is 22.9. The second-order valence-electron chi connectivity index (χ2n) is 9.80. The third-order valence-electron chi connectivity index (χ3n) is 6.65. The van der Waals surface area contributed by atoms with Gasteiger partial charge in [0.1, 0.15) is 17.8 Å². The Hall–Kier alpha value is -3.90. The maximum atomic E-state index is 13.6. The van der Waals surface area contributed by atoms with E-state index in [9.17, 15) is 14.7 Å². The number of esters is 1. The highest BCUT2D eigenvalue weighted by atomic mass is 16.5. The number of furan rings is 1. The molecule has 1 atom stereocenters. The Kier molecular flexibility index (Phi) is 5.69. The topological polar surface area (TPSA) is 88.8 Å². The molecule has 0 aliphatic carbocycles. The minimum Gasteiger partial charge on any atom is -0.464 e. The Morgan fingerprint density at radius 2 is 1.83 bits per heavy atom. The zero-order valence-electron chi connectivity index (χ0n) is 19.7. The second kappa shape index (κ2) is 8.71. The fourth-order valence-electron chi connectivity index (χ4n) is 4.97. The molecular formula is C29H27NO5. The van der Waals surface area contributed by atoms with Crippen LogP contribution < -0.4 is 5.32 Å². The second-order valence-corrected chi connectivity index (χ2v) is 9.80. The number of benzene rings is 3. The fourth-order valence-corrected chi connectivity index (χ4v) is 4.97. The van der Waals surface area contributed by atoms with Crippen molar-refractivity contribution in [3.05, 3.63) is 101 Å². The Balaban J connectivity index is 1.48. The number of amides is 1. The van der Waals surface area contributed by atoms with Crippen LogP contribution in [0, 0.1) is 0 Å². The van der Waals surface area contributed by atoms with Gasteiger partial charge in [-0.05, 0) is 41.7 Å². The lowest BCUT2D eigenvalue weighted by atomic mass is 9.72. The van der Waals surface area contributed by atoms with Gasteiger partial charge in [0.05, 0.1) is 11.8 Å². The third-order valence-corrected chi connectivity index (χ3v) is 6.65. The Labute approximate surface area is 203 Å². The van der Waals surface area contributed by atoms with Gasteiger partial charge in [0.25, 0.3) is 5.91 Å². The van der Waals surface area contributed by atoms with Crippen molar-refractivity contribution >= 4 is 28.5 Å². The number of fused-ring (bicyclic) bond motifs is 2. The molecule has 0 saturated heterocycles. The van der Waals surface area contributed by atoms with Crippen molar-refractivity contribution in [2.75, 3.05) is 5.32 Å². The molecule has 0 bridgehead atoms. The van der Waals surface area contributed by atoms with E-state index in [0.29, 0.717) is 16.8 Å². The molecule has 2 heterocycles. The quantitative estimate of drug-likeness (QED) is 0.355. The summed E-state index contributed by atoms with van der Waals surface area (Å²) in [4.78, 5) is 25.4. The molecule has 6 nitrogen and oxygen atoms in total. The zero-order valence-corrected chi connectivity index (χ0v) is 19.7. The molecule has 35 heavy (non-hydrogen) atoms. The number of hydrogen-bond donors (Lipinski definition) is 2. The van der Waals surface area contributed by atoms with Crippen molar-refractivity contribution in [3.8, 4) is 0 Å². The molecule has 0 radical (unpaired) electrons. The van der Waals surface area contributed by atoms with Crippen LogP contribution in [0.25, 0.3) is 11.0 Å². The van der Waals surface area contributed by atoms with E-state index in [1.165, 1.54) is 0 Å². The first-order valence-electron chi connectivity index (χ1n) is 11.6. The molecule has 4 aromatic rings. The molecule has 1 unspecified atom stereocenters. The number of rotatable bonds is 7. The first-order chi connectivity index (χ1) is 16.7. The summed E-state index contributed by atoms with van der Waals surface area (Å²) in [6.07, 6.45) is 1.95. The van der Waals surface area contributed by atoms with Crippen molar-refractivity contribution in [1.29, 1.82) is 0 Å². The lowest BCUT2D eigenvalue weighted by Gasteiger charge is -2.36. The summed E-state index contributed by atoms with van der Waals surface area (Å²) in [6.45, 7) is 4.18. The van der Waals surface area contributed by atoms with Gasteiger partial charge < -0.3 is 19.6 Å². The van der Waals surface area contributed by atoms with Gasteiger partial charge >= 0.3 is 5.97 Å². The normalized spacial score (nSPS) is 14.9. The summed E-state index contributed by atoms with van der Waals surface area (Å²) in [7, 11) is 0. The van der Waals surface area contributed by atoms with E-state index in [4.69, 9.17) is 9.15 Å². The third kappa shape index (κ3) is 4.45. The maximum absolute atomic E-state index is 13.6. The van der Waals surface area contributed by atoms with E-state index in [-0.39, 0.29) is 25.4 Å². The van der Waals surface area contributed by atoms with Gasteiger partial charge in [0, 0.05) is 28.6 Å². The predicted octanol–water partition coefficient (Wildman–Crippen LogP) is 5.38. The summed E-state index contributed by atoms with van der Waals surface area (Å²) in [6, 6.07) is 22.3. The van der Waals surface area contributed by atoms with Gasteiger partial charge in [0.15, 0.2) is 0 Å². The molecule has 5 rings (SSSR count). The smallest absolute Gasteiger partial charge is 0.338 e. The van der Waals surface area contributed by atoms with E-state index < -0.39 is 16.9 Å². The van der Waals surface area contributed by atoms with Gasteiger partial charge in [-0.2, -0.15) is 0 Å². The summed E-state index contributed by atoms with van der Waals surface area (Å²) in [5.41, 5.74) is 1.94. The van der Waals surface area contributed by atoms with E-state index in [1.807, 2.05) is 68.4 Å². The lowest BCUT2D eigenvalue weighted by Crippen LogP contribution is -2.49. The molecular weight excluding hydrogens is 442 g/mol. The van der Waals surface area contributed by atoms with E-state index >= 15 is 0 Å². The molecule has 0 saturated carbocycles. The molecule has 2 N–H and O–H groups in total. The van der Waals surface area contributed by atoms with Crippen LogP contribution in [-0.2, 0) is 28.0 Å². The molecule has 1 aliphatic rings. The largest absolute Gasteiger partial charge is 0.464 e. The van der Waals surface area contributed by atoms with Crippen LogP contribution in [0.2, 0.25) is 0 Å². The molecule has 1 amide bonds. The van der Waals surface area contributed by atoms with Gasteiger partial charge in [0.2, 0.25) is 0 Å². The van der Waals surface area contributed by atoms with E-state index in [0.717, 1.165) is 22.1 Å². The van der Waals surface area contributed by atoms with E-state index in [1.54, 1.807) is 24.5 Å². The van der Waals surface area contributed by atoms with Crippen LogP contribution in [0.15, 0.2) is 83.5 Å². The highest BCUT2D eigenvalue weighted by Crippen LogP contribution is 2.38. The van der Waals surface area contributed by atoms with Crippen molar-refractivity contribution in [2.24, 2.45) is 0 Å². The number of ether oxygens (including phenoxy) is 1. The minimum atomic E-state index is -1.72. The van der Waals surface area contributed by atoms with Gasteiger partial charge in [-0.1, -0.05) is 62.4 Å². The molecule has 0 spiro atoms. The van der Waals surface area contributed by atoms with Gasteiger partial charge in [-0.25, -0.2) is 4.79 Å². The molecule has 1 aromatic heterocycles. The number of para-hydroxylation sites is 1. The van der Waals surface area contributed by atoms with Crippen molar-refractivity contribution in [1.82, 2.24) is 0 Å². The highest BCUT2D eigenvalue weighted by molar-refractivity contribution is 5.99. The Morgan fingerprint density at radius 1 is 1.03 bits per heavy atom. The van der Waals surface area contributed by atoms with Crippen molar-refractivity contribution in [3.63, 3.8) is 0 Å². The first-order valence-corrected chi connectivity index (χ1v) is 11.6. The number of aliphatic hydroxyl groups is 1. The number of carbonyl (C=O) groups excluding carboxylic acids is 2. The Bertz CT molecular complexity index is 1410. The molecule has 1 aliphatic heterocycles. The monoisotopic (exact) mass is 469 g/mol.